The fraction of sp³-hybridized carbons (Fsp3) is 0. The maximum atomic E-state index is 6.22. The van der Waals surface area contributed by atoms with Crippen molar-refractivity contribution < 1.29 is 9.47 Å². The maximum Gasteiger partial charge on any atom is 0.136 e. The van der Waals surface area contributed by atoms with Gasteiger partial charge in [0, 0.05) is 46.4 Å². The zero-order valence-electron chi connectivity index (χ0n) is 18.4. The average Bonchev–Trinajstić information content (AvgIpc) is 2.85. The summed E-state index contributed by atoms with van der Waals surface area (Å²) in [6.07, 6.45) is 1.78. The van der Waals surface area contributed by atoms with Crippen molar-refractivity contribution in [3.8, 4) is 45.4 Å². The van der Waals surface area contributed by atoms with E-state index in [1.54, 1.807) is 18.3 Å². The van der Waals surface area contributed by atoms with E-state index in [0.717, 1.165) is 22.4 Å². The first-order chi connectivity index (χ1) is 16.7. The van der Waals surface area contributed by atoms with Gasteiger partial charge in [0.1, 0.15) is 23.0 Å². The molecular formula is C29H23N3O2. The molecule has 1 heterocycles. The van der Waals surface area contributed by atoms with E-state index in [9.17, 15) is 0 Å². The molecule has 1 aromatic heterocycles. The molecule has 0 radical (unpaired) electrons. The van der Waals surface area contributed by atoms with Crippen LogP contribution in [-0.4, -0.2) is 4.98 Å². The van der Waals surface area contributed by atoms with Gasteiger partial charge in [-0.2, -0.15) is 0 Å². The van der Waals surface area contributed by atoms with Crippen LogP contribution in [0, 0.1) is 0 Å². The number of ether oxygens (including phenoxy) is 2. The third-order valence-electron chi connectivity index (χ3n) is 5.30. The Kier molecular flexibility index (Phi) is 5.82. The van der Waals surface area contributed by atoms with Gasteiger partial charge in [0.15, 0.2) is 0 Å². The molecule has 34 heavy (non-hydrogen) atoms. The third-order valence-corrected chi connectivity index (χ3v) is 5.30. The predicted octanol–water partition coefficient (Wildman–Crippen LogP) is 7.16. The molecule has 5 aromatic rings. The van der Waals surface area contributed by atoms with Gasteiger partial charge in [-0.05, 0) is 48.5 Å². The van der Waals surface area contributed by atoms with Gasteiger partial charge in [0.25, 0.3) is 0 Å². The number of hydrogen-bond donors (Lipinski definition) is 2. The molecule has 0 aliphatic rings. The first-order valence-corrected chi connectivity index (χ1v) is 10.9. The second kappa shape index (κ2) is 9.38. The Labute approximate surface area is 198 Å². The van der Waals surface area contributed by atoms with Crippen LogP contribution in [0.3, 0.4) is 0 Å². The molecule has 5 heteroatoms. The molecule has 0 unspecified atom stereocenters. The monoisotopic (exact) mass is 445 g/mol. The molecule has 0 saturated heterocycles. The summed E-state index contributed by atoms with van der Waals surface area (Å²) in [7, 11) is 0. The van der Waals surface area contributed by atoms with Gasteiger partial charge in [0.05, 0.1) is 5.69 Å². The van der Waals surface area contributed by atoms with Gasteiger partial charge in [-0.25, -0.2) is 0 Å². The van der Waals surface area contributed by atoms with E-state index in [1.807, 2.05) is 97.1 Å². The molecule has 0 atom stereocenters. The van der Waals surface area contributed by atoms with E-state index in [0.29, 0.717) is 34.4 Å². The maximum absolute atomic E-state index is 6.22. The standard InChI is InChI=1S/C29H23N3O2/c30-20-8-5-10-22(18-20)33-27-15-3-1-12-24(27)25-14-7-17-32-29(25)26-13-2-4-16-28(26)34-23-11-6-9-21(31)19-23/h1-19H,30-31H2. The molecule has 166 valence electrons. The van der Waals surface area contributed by atoms with Gasteiger partial charge in [0.2, 0.25) is 0 Å². The molecule has 0 bridgehead atoms. The van der Waals surface area contributed by atoms with Crippen LogP contribution in [0.4, 0.5) is 11.4 Å². The highest BCUT2D eigenvalue weighted by Crippen LogP contribution is 2.41. The van der Waals surface area contributed by atoms with Gasteiger partial charge < -0.3 is 20.9 Å². The van der Waals surface area contributed by atoms with Crippen molar-refractivity contribution >= 4 is 11.4 Å². The SMILES string of the molecule is Nc1cccc(Oc2ccccc2-c2cccnc2-c2ccccc2Oc2cccc(N)c2)c1. The first-order valence-electron chi connectivity index (χ1n) is 10.9. The summed E-state index contributed by atoms with van der Waals surface area (Å²) in [5.74, 6) is 2.72. The zero-order chi connectivity index (χ0) is 23.3. The predicted molar refractivity (Wildman–Crippen MR) is 137 cm³/mol. The summed E-state index contributed by atoms with van der Waals surface area (Å²) in [6, 6.07) is 34.4. The lowest BCUT2D eigenvalue weighted by Gasteiger charge is -2.16. The van der Waals surface area contributed by atoms with E-state index in [4.69, 9.17) is 25.9 Å². The highest BCUT2D eigenvalue weighted by molar-refractivity contribution is 5.86. The van der Waals surface area contributed by atoms with Gasteiger partial charge in [-0.3, -0.25) is 4.98 Å². The minimum atomic E-state index is 0.640. The van der Waals surface area contributed by atoms with E-state index in [-0.39, 0.29) is 0 Å². The number of nitrogens with zero attached hydrogens (tertiary/aromatic N) is 1. The van der Waals surface area contributed by atoms with Crippen LogP contribution in [0.2, 0.25) is 0 Å². The van der Waals surface area contributed by atoms with Crippen molar-refractivity contribution in [2.45, 2.75) is 0 Å². The van der Waals surface area contributed by atoms with Crippen molar-refractivity contribution in [1.29, 1.82) is 0 Å². The van der Waals surface area contributed by atoms with Gasteiger partial charge in [-0.1, -0.05) is 48.5 Å². The topological polar surface area (TPSA) is 83.4 Å². The first kappa shape index (κ1) is 21.1. The Balaban J connectivity index is 1.58. The largest absolute Gasteiger partial charge is 0.457 e. The molecule has 0 aliphatic heterocycles. The lowest BCUT2D eigenvalue weighted by molar-refractivity contribution is 0.483. The lowest BCUT2D eigenvalue weighted by atomic mass is 9.98. The van der Waals surface area contributed by atoms with E-state index in [2.05, 4.69) is 0 Å². The Hall–Kier alpha value is -4.77. The van der Waals surface area contributed by atoms with Crippen LogP contribution < -0.4 is 20.9 Å². The Morgan fingerprint density at radius 2 is 1.03 bits per heavy atom. The van der Waals surface area contributed by atoms with Crippen LogP contribution in [-0.2, 0) is 0 Å². The molecule has 0 amide bonds. The minimum Gasteiger partial charge on any atom is -0.457 e. The summed E-state index contributed by atoms with van der Waals surface area (Å²) in [5, 5.41) is 0. The fourth-order valence-corrected chi connectivity index (χ4v) is 3.78. The number of nitrogens with two attached hydrogens (primary N) is 2. The van der Waals surface area contributed by atoms with Gasteiger partial charge in [-0.15, -0.1) is 0 Å². The number of benzene rings is 4. The fourth-order valence-electron chi connectivity index (χ4n) is 3.78. The summed E-state index contributed by atoms with van der Waals surface area (Å²) in [4.78, 5) is 4.73. The molecule has 0 saturated carbocycles. The highest BCUT2D eigenvalue weighted by Gasteiger charge is 2.17. The molecule has 4 aromatic carbocycles. The lowest BCUT2D eigenvalue weighted by Crippen LogP contribution is -1.95. The second-order valence-electron chi connectivity index (χ2n) is 7.74. The zero-order valence-corrected chi connectivity index (χ0v) is 18.4. The highest BCUT2D eigenvalue weighted by atomic mass is 16.5. The molecule has 5 rings (SSSR count). The van der Waals surface area contributed by atoms with Gasteiger partial charge >= 0.3 is 0 Å². The van der Waals surface area contributed by atoms with Crippen LogP contribution in [0.25, 0.3) is 22.4 Å². The van der Waals surface area contributed by atoms with Crippen molar-refractivity contribution in [1.82, 2.24) is 4.98 Å². The van der Waals surface area contributed by atoms with Crippen LogP contribution in [0.15, 0.2) is 115 Å². The van der Waals surface area contributed by atoms with Crippen molar-refractivity contribution in [3.63, 3.8) is 0 Å². The van der Waals surface area contributed by atoms with Crippen LogP contribution >= 0.6 is 0 Å². The van der Waals surface area contributed by atoms with Crippen molar-refractivity contribution in [2.24, 2.45) is 0 Å². The normalized spacial score (nSPS) is 10.6. The Bertz CT molecular complexity index is 1340. The van der Waals surface area contributed by atoms with E-state index < -0.39 is 0 Å². The molecule has 5 nitrogen and oxygen atoms in total. The molecule has 0 aliphatic carbocycles. The summed E-state index contributed by atoms with van der Waals surface area (Å²) in [6.45, 7) is 0. The quantitative estimate of drug-likeness (QED) is 0.271. The number of pyridine rings is 1. The summed E-state index contributed by atoms with van der Waals surface area (Å²) < 4.78 is 12.4. The Morgan fingerprint density at radius 1 is 0.500 bits per heavy atom. The molecule has 0 fully saturated rings. The summed E-state index contributed by atoms with van der Waals surface area (Å²) in [5.41, 5.74) is 16.6. The third kappa shape index (κ3) is 4.54. The molecule has 4 N–H and O–H groups in total. The number of rotatable bonds is 6. The number of nitrogen functional groups attached to an aromatic ring is 2. The number of anilines is 2. The van der Waals surface area contributed by atoms with Crippen molar-refractivity contribution in [3.05, 3.63) is 115 Å². The smallest absolute Gasteiger partial charge is 0.136 e. The minimum absolute atomic E-state index is 0.640. The second-order valence-corrected chi connectivity index (χ2v) is 7.74. The number of hydrogen-bond acceptors (Lipinski definition) is 5. The Morgan fingerprint density at radius 3 is 1.65 bits per heavy atom. The van der Waals surface area contributed by atoms with Crippen molar-refractivity contribution in [2.75, 3.05) is 11.5 Å². The average molecular weight is 446 g/mol. The van der Waals surface area contributed by atoms with E-state index >= 15 is 0 Å². The van der Waals surface area contributed by atoms with Crippen LogP contribution in [0.1, 0.15) is 0 Å². The molecule has 0 spiro atoms. The number of para-hydroxylation sites is 2. The van der Waals surface area contributed by atoms with Crippen LogP contribution in [0.5, 0.6) is 23.0 Å². The van der Waals surface area contributed by atoms with E-state index in [1.165, 1.54) is 0 Å². The number of aromatic nitrogens is 1. The molecular weight excluding hydrogens is 422 g/mol. The summed E-state index contributed by atoms with van der Waals surface area (Å²) >= 11 is 0.